The number of ether oxygens (including phenoxy) is 1. The normalized spacial score (nSPS) is 11.1. The van der Waals surface area contributed by atoms with Gasteiger partial charge in [-0.2, -0.15) is 0 Å². The number of rotatable bonds is 5. The van der Waals surface area contributed by atoms with Gasteiger partial charge in [-0.05, 0) is 25.5 Å². The molecule has 0 saturated heterocycles. The Labute approximate surface area is 93.6 Å². The molecule has 0 bridgehead atoms. The van der Waals surface area contributed by atoms with Crippen LogP contribution in [-0.4, -0.2) is 23.2 Å². The molecule has 0 fully saturated rings. The van der Waals surface area contributed by atoms with E-state index in [1.165, 1.54) is 6.07 Å². The quantitative estimate of drug-likeness (QED) is 0.790. The number of imidazole rings is 1. The highest BCUT2D eigenvalue weighted by Gasteiger charge is 2.06. The van der Waals surface area contributed by atoms with Crippen LogP contribution < -0.4 is 0 Å². The predicted molar refractivity (Wildman–Crippen MR) is 60.9 cm³/mol. The first kappa shape index (κ1) is 11.1. The molecular formula is C12H15FN2O. The van der Waals surface area contributed by atoms with Gasteiger partial charge in [-0.1, -0.05) is 6.07 Å². The smallest absolute Gasteiger partial charge is 0.151 e. The van der Waals surface area contributed by atoms with Crippen LogP contribution in [0.15, 0.2) is 18.2 Å². The van der Waals surface area contributed by atoms with Crippen molar-refractivity contribution in [2.24, 2.45) is 0 Å². The van der Waals surface area contributed by atoms with Crippen molar-refractivity contribution in [2.45, 2.75) is 19.8 Å². The van der Waals surface area contributed by atoms with E-state index in [1.54, 1.807) is 6.07 Å². The molecule has 1 aromatic heterocycles. The van der Waals surface area contributed by atoms with Gasteiger partial charge < -0.3 is 9.72 Å². The van der Waals surface area contributed by atoms with E-state index in [0.29, 0.717) is 5.52 Å². The minimum Gasteiger partial charge on any atom is -0.382 e. The summed E-state index contributed by atoms with van der Waals surface area (Å²) in [5.74, 6) is 0.546. The first-order chi connectivity index (χ1) is 7.81. The number of halogens is 1. The van der Waals surface area contributed by atoms with Crippen molar-refractivity contribution in [1.29, 1.82) is 0 Å². The van der Waals surface area contributed by atoms with E-state index < -0.39 is 0 Å². The molecule has 2 rings (SSSR count). The Kier molecular flexibility index (Phi) is 3.51. The number of nitrogens with one attached hydrogen (secondary N) is 1. The van der Waals surface area contributed by atoms with Gasteiger partial charge in [0.15, 0.2) is 5.82 Å². The molecule has 0 aliphatic heterocycles. The number of aromatic nitrogens is 2. The van der Waals surface area contributed by atoms with Crippen molar-refractivity contribution >= 4 is 11.0 Å². The highest BCUT2D eigenvalue weighted by atomic mass is 19.1. The fraction of sp³-hybridized carbons (Fsp3) is 0.417. The van der Waals surface area contributed by atoms with Gasteiger partial charge in [-0.25, -0.2) is 9.37 Å². The molecular weight excluding hydrogens is 207 g/mol. The molecule has 0 saturated carbocycles. The van der Waals surface area contributed by atoms with Gasteiger partial charge in [0.25, 0.3) is 0 Å². The Morgan fingerprint density at radius 1 is 1.44 bits per heavy atom. The number of H-pyrrole nitrogens is 1. The van der Waals surface area contributed by atoms with E-state index >= 15 is 0 Å². The number of hydrogen-bond acceptors (Lipinski definition) is 2. The number of hydrogen-bond donors (Lipinski definition) is 1. The van der Waals surface area contributed by atoms with Crippen molar-refractivity contribution in [1.82, 2.24) is 9.97 Å². The Morgan fingerprint density at radius 2 is 2.31 bits per heavy atom. The van der Waals surface area contributed by atoms with Gasteiger partial charge in [0.05, 0.1) is 5.52 Å². The summed E-state index contributed by atoms with van der Waals surface area (Å²) >= 11 is 0. The summed E-state index contributed by atoms with van der Waals surface area (Å²) in [5, 5.41) is 0. The van der Waals surface area contributed by atoms with Crippen LogP contribution in [0.2, 0.25) is 0 Å². The molecule has 0 amide bonds. The fourth-order valence-corrected chi connectivity index (χ4v) is 1.65. The summed E-state index contributed by atoms with van der Waals surface area (Å²) in [4.78, 5) is 7.33. The second-order valence-electron chi connectivity index (χ2n) is 3.62. The monoisotopic (exact) mass is 222 g/mol. The van der Waals surface area contributed by atoms with Gasteiger partial charge >= 0.3 is 0 Å². The molecule has 0 atom stereocenters. The molecule has 16 heavy (non-hydrogen) atoms. The molecule has 86 valence electrons. The first-order valence-electron chi connectivity index (χ1n) is 5.52. The Hall–Kier alpha value is -1.42. The lowest BCUT2D eigenvalue weighted by molar-refractivity contribution is 0.145. The zero-order chi connectivity index (χ0) is 11.4. The molecule has 1 N–H and O–H groups in total. The SMILES string of the molecule is CCOCCCc1nc2c(F)cccc2[nH]1. The lowest BCUT2D eigenvalue weighted by Crippen LogP contribution is -1.97. The third kappa shape index (κ3) is 2.39. The minimum atomic E-state index is -0.273. The van der Waals surface area contributed by atoms with Crippen LogP contribution >= 0.6 is 0 Å². The highest BCUT2D eigenvalue weighted by Crippen LogP contribution is 2.15. The standard InChI is InChI=1S/C12H15FN2O/c1-2-16-8-4-7-11-14-10-6-3-5-9(13)12(10)15-11/h3,5-6H,2,4,7-8H2,1H3,(H,14,15). The van der Waals surface area contributed by atoms with E-state index in [0.717, 1.165) is 37.4 Å². The second kappa shape index (κ2) is 5.07. The molecule has 0 spiro atoms. The molecule has 4 heteroatoms. The third-order valence-corrected chi connectivity index (χ3v) is 2.42. The fourth-order valence-electron chi connectivity index (χ4n) is 1.65. The van der Waals surface area contributed by atoms with Crippen molar-refractivity contribution in [3.05, 3.63) is 29.8 Å². The van der Waals surface area contributed by atoms with Crippen LogP contribution in [0.5, 0.6) is 0 Å². The molecule has 3 nitrogen and oxygen atoms in total. The number of benzene rings is 1. The summed E-state index contributed by atoms with van der Waals surface area (Å²) in [7, 11) is 0. The minimum absolute atomic E-state index is 0.273. The molecule has 1 aromatic carbocycles. The number of aromatic amines is 1. The number of fused-ring (bicyclic) bond motifs is 1. The Balaban J connectivity index is 2.05. The number of aryl methyl sites for hydroxylation is 1. The van der Waals surface area contributed by atoms with Crippen molar-refractivity contribution in [3.8, 4) is 0 Å². The lowest BCUT2D eigenvalue weighted by atomic mass is 10.3. The van der Waals surface area contributed by atoms with Crippen LogP contribution in [0.25, 0.3) is 11.0 Å². The molecule has 0 unspecified atom stereocenters. The first-order valence-corrected chi connectivity index (χ1v) is 5.52. The van der Waals surface area contributed by atoms with E-state index in [1.807, 2.05) is 13.0 Å². The largest absolute Gasteiger partial charge is 0.382 e. The Morgan fingerprint density at radius 3 is 3.06 bits per heavy atom. The summed E-state index contributed by atoms with van der Waals surface area (Å²) in [5.41, 5.74) is 1.18. The van der Waals surface area contributed by atoms with Crippen LogP contribution in [-0.2, 0) is 11.2 Å². The maximum Gasteiger partial charge on any atom is 0.151 e. The number of para-hydroxylation sites is 1. The third-order valence-electron chi connectivity index (χ3n) is 2.42. The van der Waals surface area contributed by atoms with Crippen molar-refractivity contribution in [2.75, 3.05) is 13.2 Å². The molecule has 0 radical (unpaired) electrons. The van der Waals surface area contributed by atoms with Gasteiger partial charge in [0.1, 0.15) is 11.3 Å². The lowest BCUT2D eigenvalue weighted by Gasteiger charge is -1.98. The van der Waals surface area contributed by atoms with Gasteiger partial charge in [-0.3, -0.25) is 0 Å². The van der Waals surface area contributed by atoms with Crippen LogP contribution in [0.1, 0.15) is 19.2 Å². The Bertz CT molecular complexity index is 467. The maximum absolute atomic E-state index is 13.3. The molecule has 0 aliphatic rings. The predicted octanol–water partition coefficient (Wildman–Crippen LogP) is 2.67. The highest BCUT2D eigenvalue weighted by molar-refractivity contribution is 5.75. The summed E-state index contributed by atoms with van der Waals surface area (Å²) < 4.78 is 18.6. The molecule has 2 aromatic rings. The topological polar surface area (TPSA) is 37.9 Å². The summed E-state index contributed by atoms with van der Waals surface area (Å²) in [6, 6.07) is 4.93. The summed E-state index contributed by atoms with van der Waals surface area (Å²) in [6.45, 7) is 3.42. The second-order valence-corrected chi connectivity index (χ2v) is 3.62. The summed E-state index contributed by atoms with van der Waals surface area (Å²) in [6.07, 6.45) is 1.68. The van der Waals surface area contributed by atoms with Crippen molar-refractivity contribution in [3.63, 3.8) is 0 Å². The average Bonchev–Trinajstić information content (AvgIpc) is 2.69. The zero-order valence-electron chi connectivity index (χ0n) is 9.29. The zero-order valence-corrected chi connectivity index (χ0v) is 9.29. The van der Waals surface area contributed by atoms with Crippen LogP contribution in [0.3, 0.4) is 0 Å². The molecule has 1 heterocycles. The van der Waals surface area contributed by atoms with E-state index in [9.17, 15) is 4.39 Å². The van der Waals surface area contributed by atoms with Gasteiger partial charge in [-0.15, -0.1) is 0 Å². The van der Waals surface area contributed by atoms with Crippen LogP contribution in [0.4, 0.5) is 4.39 Å². The van der Waals surface area contributed by atoms with Crippen molar-refractivity contribution < 1.29 is 9.13 Å². The van der Waals surface area contributed by atoms with Gasteiger partial charge in [0, 0.05) is 19.6 Å². The van der Waals surface area contributed by atoms with Gasteiger partial charge in [0.2, 0.25) is 0 Å². The van der Waals surface area contributed by atoms with E-state index in [2.05, 4.69) is 9.97 Å². The average molecular weight is 222 g/mol. The van der Waals surface area contributed by atoms with Crippen LogP contribution in [0, 0.1) is 5.82 Å². The van der Waals surface area contributed by atoms with E-state index in [4.69, 9.17) is 4.74 Å². The molecule has 0 aliphatic carbocycles. The van der Waals surface area contributed by atoms with E-state index in [-0.39, 0.29) is 5.82 Å². The number of nitrogens with zero attached hydrogens (tertiary/aromatic N) is 1. The maximum atomic E-state index is 13.3.